The summed E-state index contributed by atoms with van der Waals surface area (Å²) >= 11 is 0. The average molecular weight is 246 g/mol. The topological polar surface area (TPSA) is 100 Å². The van der Waals surface area contributed by atoms with Crippen molar-refractivity contribution in [3.8, 4) is 6.07 Å². The normalized spacial score (nSPS) is 9.89. The summed E-state index contributed by atoms with van der Waals surface area (Å²) in [4.78, 5) is 28.2. The van der Waals surface area contributed by atoms with Crippen molar-refractivity contribution < 1.29 is 9.59 Å². The Morgan fingerprint density at radius 1 is 1.50 bits per heavy atom. The summed E-state index contributed by atoms with van der Waals surface area (Å²) in [6, 6.07) is 4.71. The molecule has 0 atom stereocenters. The first kappa shape index (κ1) is 13.6. The maximum Gasteiger partial charge on any atom is 0.273 e. The molecule has 1 rings (SSSR count). The number of carbonyl (C=O) groups is 2. The predicted octanol–water partition coefficient (Wildman–Crippen LogP) is 0.289. The van der Waals surface area contributed by atoms with Gasteiger partial charge in [-0.1, -0.05) is 0 Å². The molecule has 0 aliphatic rings. The van der Waals surface area contributed by atoms with Crippen molar-refractivity contribution in [3.05, 3.63) is 29.6 Å². The summed E-state index contributed by atoms with van der Waals surface area (Å²) in [7, 11) is 0. The summed E-state index contributed by atoms with van der Waals surface area (Å²) in [5.41, 5.74) is 5.65. The molecule has 1 heterocycles. The summed E-state index contributed by atoms with van der Waals surface area (Å²) in [6.45, 7) is 3.41. The smallest absolute Gasteiger partial charge is 0.273 e. The van der Waals surface area contributed by atoms with Crippen LogP contribution in [0.25, 0.3) is 0 Å². The standard InChI is InChI=1S/C12H14N4O2/c1-8(2)16(7-11(14)17)12(18)10-4-3-9(5-13)6-15-10/h3-4,6,8H,7H2,1-2H3,(H2,14,17). The Bertz CT molecular complexity index is 488. The van der Waals surface area contributed by atoms with Crippen molar-refractivity contribution in [1.82, 2.24) is 9.88 Å². The fourth-order valence-corrected chi connectivity index (χ4v) is 1.39. The molecule has 6 heteroatoms. The molecule has 0 aliphatic heterocycles. The quantitative estimate of drug-likeness (QED) is 0.825. The number of amides is 2. The number of nitriles is 1. The van der Waals surface area contributed by atoms with E-state index in [1.165, 1.54) is 23.2 Å². The Hall–Kier alpha value is -2.42. The van der Waals surface area contributed by atoms with Gasteiger partial charge in [-0.2, -0.15) is 5.26 Å². The van der Waals surface area contributed by atoms with Crippen molar-refractivity contribution in [3.63, 3.8) is 0 Å². The molecule has 18 heavy (non-hydrogen) atoms. The van der Waals surface area contributed by atoms with Gasteiger partial charge in [-0.3, -0.25) is 9.59 Å². The average Bonchev–Trinajstić information content (AvgIpc) is 2.34. The van der Waals surface area contributed by atoms with Gasteiger partial charge in [-0.15, -0.1) is 0 Å². The van der Waals surface area contributed by atoms with Gasteiger partial charge >= 0.3 is 0 Å². The molecule has 1 aromatic rings. The van der Waals surface area contributed by atoms with Crippen LogP contribution >= 0.6 is 0 Å². The summed E-state index contributed by atoms with van der Waals surface area (Å²) in [6.07, 6.45) is 1.32. The fraction of sp³-hybridized carbons (Fsp3) is 0.333. The van der Waals surface area contributed by atoms with Crippen LogP contribution in [0.15, 0.2) is 18.3 Å². The lowest BCUT2D eigenvalue weighted by atomic mass is 10.2. The van der Waals surface area contributed by atoms with Gasteiger partial charge in [0.05, 0.1) is 12.1 Å². The summed E-state index contributed by atoms with van der Waals surface area (Å²) < 4.78 is 0. The SMILES string of the molecule is CC(C)N(CC(N)=O)C(=O)c1ccc(C#N)cn1. The van der Waals surface area contributed by atoms with Gasteiger partial charge in [0.25, 0.3) is 5.91 Å². The van der Waals surface area contributed by atoms with Gasteiger partial charge in [-0.25, -0.2) is 4.98 Å². The van der Waals surface area contributed by atoms with Crippen LogP contribution in [0.1, 0.15) is 29.9 Å². The molecule has 0 radical (unpaired) electrons. The molecule has 0 unspecified atom stereocenters. The molecule has 0 fully saturated rings. The number of rotatable bonds is 4. The fourth-order valence-electron chi connectivity index (χ4n) is 1.39. The minimum atomic E-state index is -0.578. The zero-order valence-corrected chi connectivity index (χ0v) is 10.3. The number of pyridine rings is 1. The van der Waals surface area contributed by atoms with E-state index in [4.69, 9.17) is 11.0 Å². The Balaban J connectivity index is 2.95. The molecule has 0 saturated heterocycles. The largest absolute Gasteiger partial charge is 0.368 e. The minimum absolute atomic E-state index is 0.155. The molecule has 1 aromatic heterocycles. The van der Waals surface area contributed by atoms with Crippen molar-refractivity contribution >= 4 is 11.8 Å². The lowest BCUT2D eigenvalue weighted by Crippen LogP contribution is -2.43. The minimum Gasteiger partial charge on any atom is -0.368 e. The van der Waals surface area contributed by atoms with Crippen LogP contribution in [0, 0.1) is 11.3 Å². The molecule has 2 amide bonds. The predicted molar refractivity (Wildman–Crippen MR) is 64.3 cm³/mol. The third-order valence-corrected chi connectivity index (χ3v) is 2.32. The molecule has 0 spiro atoms. The van der Waals surface area contributed by atoms with Crippen LogP contribution in [-0.2, 0) is 4.79 Å². The highest BCUT2D eigenvalue weighted by Gasteiger charge is 2.21. The number of carbonyl (C=O) groups excluding carboxylic acids is 2. The third kappa shape index (κ3) is 3.28. The van der Waals surface area contributed by atoms with E-state index in [1.54, 1.807) is 13.8 Å². The van der Waals surface area contributed by atoms with E-state index in [-0.39, 0.29) is 24.2 Å². The van der Waals surface area contributed by atoms with Crippen LogP contribution in [-0.4, -0.2) is 34.3 Å². The maximum absolute atomic E-state index is 12.1. The van der Waals surface area contributed by atoms with E-state index in [0.717, 1.165) is 0 Å². The van der Waals surface area contributed by atoms with Gasteiger partial charge in [0.15, 0.2) is 0 Å². The number of hydrogen-bond acceptors (Lipinski definition) is 4. The Kier molecular flexibility index (Phi) is 4.38. The van der Waals surface area contributed by atoms with E-state index in [9.17, 15) is 9.59 Å². The van der Waals surface area contributed by atoms with E-state index < -0.39 is 5.91 Å². The second kappa shape index (κ2) is 5.77. The number of nitrogens with two attached hydrogens (primary N) is 1. The van der Waals surface area contributed by atoms with Crippen molar-refractivity contribution in [2.75, 3.05) is 6.54 Å². The Morgan fingerprint density at radius 3 is 2.56 bits per heavy atom. The second-order valence-corrected chi connectivity index (χ2v) is 4.04. The lowest BCUT2D eigenvalue weighted by Gasteiger charge is -2.24. The molecular formula is C12H14N4O2. The molecule has 0 bridgehead atoms. The molecule has 0 saturated carbocycles. The van der Waals surface area contributed by atoms with Gasteiger partial charge < -0.3 is 10.6 Å². The van der Waals surface area contributed by atoms with Crippen LogP contribution in [0.5, 0.6) is 0 Å². The van der Waals surface area contributed by atoms with Crippen LogP contribution in [0.3, 0.4) is 0 Å². The first-order valence-corrected chi connectivity index (χ1v) is 5.41. The lowest BCUT2D eigenvalue weighted by molar-refractivity contribution is -0.119. The van der Waals surface area contributed by atoms with E-state index >= 15 is 0 Å². The number of aromatic nitrogens is 1. The van der Waals surface area contributed by atoms with E-state index in [1.807, 2.05) is 6.07 Å². The third-order valence-electron chi connectivity index (χ3n) is 2.32. The highest BCUT2D eigenvalue weighted by molar-refractivity contribution is 5.94. The van der Waals surface area contributed by atoms with Crippen LogP contribution < -0.4 is 5.73 Å². The van der Waals surface area contributed by atoms with Crippen LogP contribution in [0.4, 0.5) is 0 Å². The Morgan fingerprint density at radius 2 is 2.17 bits per heavy atom. The molecule has 0 aliphatic carbocycles. The maximum atomic E-state index is 12.1. The molecule has 94 valence electrons. The highest BCUT2D eigenvalue weighted by Crippen LogP contribution is 2.07. The second-order valence-electron chi connectivity index (χ2n) is 4.04. The van der Waals surface area contributed by atoms with Gasteiger partial charge in [0.2, 0.25) is 5.91 Å². The van der Waals surface area contributed by atoms with Gasteiger partial charge in [0.1, 0.15) is 11.8 Å². The van der Waals surface area contributed by atoms with Crippen molar-refractivity contribution in [2.45, 2.75) is 19.9 Å². The molecule has 6 nitrogen and oxygen atoms in total. The zero-order chi connectivity index (χ0) is 13.7. The monoisotopic (exact) mass is 246 g/mol. The zero-order valence-electron chi connectivity index (χ0n) is 10.3. The van der Waals surface area contributed by atoms with Crippen molar-refractivity contribution in [2.24, 2.45) is 5.73 Å². The molecule has 0 aromatic carbocycles. The van der Waals surface area contributed by atoms with E-state index in [0.29, 0.717) is 5.56 Å². The van der Waals surface area contributed by atoms with Gasteiger partial charge in [0, 0.05) is 12.2 Å². The number of hydrogen-bond donors (Lipinski definition) is 1. The molecular weight excluding hydrogens is 232 g/mol. The van der Waals surface area contributed by atoms with E-state index in [2.05, 4.69) is 4.98 Å². The number of primary amides is 1. The van der Waals surface area contributed by atoms with Crippen LogP contribution in [0.2, 0.25) is 0 Å². The summed E-state index contributed by atoms with van der Waals surface area (Å²) in [5, 5.41) is 8.64. The first-order chi connectivity index (χ1) is 8.45. The van der Waals surface area contributed by atoms with Crippen molar-refractivity contribution in [1.29, 1.82) is 5.26 Å². The number of nitrogens with zero attached hydrogens (tertiary/aromatic N) is 3. The highest BCUT2D eigenvalue weighted by atomic mass is 16.2. The first-order valence-electron chi connectivity index (χ1n) is 5.41. The summed E-state index contributed by atoms with van der Waals surface area (Å²) in [5.74, 6) is -0.959. The van der Waals surface area contributed by atoms with Gasteiger partial charge in [-0.05, 0) is 26.0 Å². The molecule has 2 N–H and O–H groups in total. The Labute approximate surface area is 105 Å².